The molecule has 2 nitrogen and oxygen atoms in total. The average molecular weight is 245 g/mol. The molecule has 0 heterocycles. The van der Waals surface area contributed by atoms with Crippen LogP contribution in [0.5, 0.6) is 0 Å². The van der Waals surface area contributed by atoms with Crippen molar-refractivity contribution < 1.29 is 10.8 Å². The summed E-state index contributed by atoms with van der Waals surface area (Å²) in [6, 6.07) is 0. The summed E-state index contributed by atoms with van der Waals surface area (Å²) >= 11 is 0. The van der Waals surface area contributed by atoms with Gasteiger partial charge in [-0.2, -0.15) is 0 Å². The number of hydrogen-bond acceptors (Lipinski definition) is 2. The molecule has 0 aliphatic heterocycles. The molecule has 0 aliphatic rings. The molecule has 17 heavy (non-hydrogen) atoms. The molecular weight excluding hydrogens is 212 g/mol. The first-order valence-electron chi connectivity index (χ1n) is 7.88. The van der Waals surface area contributed by atoms with E-state index in [1.165, 1.54) is 44.9 Å². The largest absolute Gasteiger partial charge is 0.359 e. The molecule has 0 fully saturated rings. The third-order valence-corrected chi connectivity index (χ3v) is 2.91. The molecule has 2 heteroatoms. The van der Waals surface area contributed by atoms with E-state index in [1.54, 1.807) is 7.11 Å². The van der Waals surface area contributed by atoms with Crippen LogP contribution in [0.15, 0.2) is 0 Å². The van der Waals surface area contributed by atoms with Crippen molar-refractivity contribution in [1.82, 2.24) is 0 Å². The highest BCUT2D eigenvalue weighted by Crippen LogP contribution is 2.11. The Bertz CT molecular complexity index is 153. The summed E-state index contributed by atoms with van der Waals surface area (Å²) in [6.45, 7) is 3.44. The molecule has 1 atom stereocenters. The van der Waals surface area contributed by atoms with Crippen LogP contribution in [0, 0.1) is 0 Å². The van der Waals surface area contributed by atoms with E-state index in [-0.39, 0.29) is 6.40 Å². The summed E-state index contributed by atoms with van der Waals surface area (Å²) in [5, 5.41) is 0. The van der Waals surface area contributed by atoms with Gasteiger partial charge in [0, 0.05) is 15.1 Å². The molecule has 0 aromatic heterocycles. The van der Waals surface area contributed by atoms with E-state index in [1.807, 2.05) is 0 Å². The Morgan fingerprint density at radius 1 is 0.824 bits per heavy atom. The Balaban J connectivity index is 3.02. The zero-order valence-electron chi connectivity index (χ0n) is 12.9. The Morgan fingerprint density at radius 2 is 1.41 bits per heavy atom. The van der Waals surface area contributed by atoms with Gasteiger partial charge in [0.25, 0.3) is 0 Å². The third-order valence-electron chi connectivity index (χ3n) is 2.91. The first kappa shape index (κ1) is 15.0. The van der Waals surface area contributed by atoms with Crippen molar-refractivity contribution in [2.45, 2.75) is 77.5 Å². The van der Waals surface area contributed by atoms with Crippen LogP contribution in [0.1, 0.15) is 78.9 Å². The van der Waals surface area contributed by atoms with Gasteiger partial charge in [-0.05, 0) is 6.42 Å². The van der Waals surface area contributed by atoms with E-state index in [9.17, 15) is 0 Å². The molecule has 0 N–H and O–H groups in total. The minimum atomic E-state index is 0.187. The topological polar surface area (TPSA) is 18.5 Å². The van der Waals surface area contributed by atoms with Crippen molar-refractivity contribution in [2.75, 3.05) is 20.5 Å². The van der Waals surface area contributed by atoms with Gasteiger partial charge in [-0.25, -0.2) is 0 Å². The van der Waals surface area contributed by atoms with Gasteiger partial charge in [0.2, 0.25) is 0 Å². The second-order valence-corrected chi connectivity index (χ2v) is 4.66. The van der Waals surface area contributed by atoms with Crippen molar-refractivity contribution >= 4 is 0 Å². The van der Waals surface area contributed by atoms with Gasteiger partial charge in [0.15, 0.2) is 0 Å². The summed E-state index contributed by atoms with van der Waals surface area (Å²) in [6.07, 6.45) is 12.3. The SMILES string of the molecule is [2H][C@@H](CCCC)CCCCCCCCOCOC. The van der Waals surface area contributed by atoms with E-state index >= 15 is 0 Å². The van der Waals surface area contributed by atoms with Crippen molar-refractivity contribution in [3.05, 3.63) is 0 Å². The van der Waals surface area contributed by atoms with Crippen molar-refractivity contribution in [3.8, 4) is 0 Å². The van der Waals surface area contributed by atoms with Crippen LogP contribution in [0.4, 0.5) is 0 Å². The van der Waals surface area contributed by atoms with Crippen LogP contribution in [-0.4, -0.2) is 20.5 Å². The predicted octanol–water partition coefficient (Wildman–Crippen LogP) is 4.92. The number of hydrogen-bond donors (Lipinski definition) is 0. The van der Waals surface area contributed by atoms with Gasteiger partial charge >= 0.3 is 0 Å². The molecule has 0 saturated heterocycles. The van der Waals surface area contributed by atoms with Crippen molar-refractivity contribution in [1.29, 1.82) is 0 Å². The quantitative estimate of drug-likeness (QED) is 0.319. The van der Waals surface area contributed by atoms with E-state index < -0.39 is 0 Å². The number of unbranched alkanes of at least 4 members (excludes halogenated alkanes) is 6. The molecule has 0 aromatic rings. The Kier molecular flexibility index (Phi) is 14.0. The lowest BCUT2D eigenvalue weighted by atomic mass is 10.1. The highest BCUT2D eigenvalue weighted by atomic mass is 16.7. The maximum absolute atomic E-state index is 7.86. The van der Waals surface area contributed by atoms with E-state index in [0.29, 0.717) is 6.79 Å². The Morgan fingerprint density at radius 3 is 2.06 bits per heavy atom. The first-order valence-corrected chi connectivity index (χ1v) is 7.30. The Labute approximate surface area is 109 Å². The minimum Gasteiger partial charge on any atom is -0.359 e. The lowest BCUT2D eigenvalue weighted by molar-refractivity contribution is -0.0315. The van der Waals surface area contributed by atoms with Crippen LogP contribution in [0.3, 0.4) is 0 Å². The highest BCUT2D eigenvalue weighted by Gasteiger charge is 1.93. The maximum Gasteiger partial charge on any atom is 0.146 e. The molecule has 0 rings (SSSR count). The molecule has 0 saturated carbocycles. The molecule has 0 unspecified atom stereocenters. The van der Waals surface area contributed by atoms with E-state index in [4.69, 9.17) is 10.8 Å². The lowest BCUT2D eigenvalue weighted by Crippen LogP contribution is -1.98. The molecule has 0 radical (unpaired) electrons. The van der Waals surface area contributed by atoms with Crippen LogP contribution in [0.2, 0.25) is 0 Å². The van der Waals surface area contributed by atoms with Crippen molar-refractivity contribution in [3.63, 3.8) is 0 Å². The van der Waals surface area contributed by atoms with Gasteiger partial charge in [0.1, 0.15) is 6.79 Å². The molecule has 0 spiro atoms. The molecule has 0 aliphatic carbocycles. The maximum atomic E-state index is 7.86. The van der Waals surface area contributed by atoms with Gasteiger partial charge in [-0.15, -0.1) is 0 Å². The fourth-order valence-electron chi connectivity index (χ4n) is 1.83. The number of methoxy groups -OCH3 is 1. The normalized spacial score (nSPS) is 13.6. The van der Waals surface area contributed by atoms with Crippen LogP contribution < -0.4 is 0 Å². The van der Waals surface area contributed by atoms with Crippen LogP contribution in [0.25, 0.3) is 0 Å². The second kappa shape index (κ2) is 15.9. The summed E-state index contributed by atoms with van der Waals surface area (Å²) in [7, 11) is 1.65. The fraction of sp³-hybridized carbons (Fsp3) is 1.00. The van der Waals surface area contributed by atoms with Gasteiger partial charge in [-0.1, -0.05) is 71.1 Å². The van der Waals surface area contributed by atoms with Crippen LogP contribution >= 0.6 is 0 Å². The zero-order chi connectivity index (χ0) is 13.5. The molecule has 104 valence electrons. The number of ether oxygens (including phenoxy) is 2. The molecule has 0 aromatic carbocycles. The zero-order valence-corrected chi connectivity index (χ0v) is 11.9. The second-order valence-electron chi connectivity index (χ2n) is 4.66. The van der Waals surface area contributed by atoms with Gasteiger partial charge in [0.05, 0.1) is 0 Å². The first-order chi connectivity index (χ1) is 8.81. The fourth-order valence-corrected chi connectivity index (χ4v) is 1.83. The minimum absolute atomic E-state index is 0.187. The predicted molar refractivity (Wildman–Crippen MR) is 74.3 cm³/mol. The third kappa shape index (κ3) is 15.9. The van der Waals surface area contributed by atoms with Crippen molar-refractivity contribution in [2.24, 2.45) is 0 Å². The lowest BCUT2D eigenvalue weighted by Gasteiger charge is -2.03. The Hall–Kier alpha value is -0.0800. The summed E-state index contributed by atoms with van der Waals surface area (Å²) in [4.78, 5) is 0. The van der Waals surface area contributed by atoms with Crippen LogP contribution in [-0.2, 0) is 9.47 Å². The summed E-state index contributed by atoms with van der Waals surface area (Å²) < 4.78 is 17.9. The van der Waals surface area contributed by atoms with E-state index in [0.717, 1.165) is 25.9 Å². The molecule has 0 bridgehead atoms. The molecule has 0 amide bonds. The van der Waals surface area contributed by atoms with Gasteiger partial charge in [-0.3, -0.25) is 0 Å². The number of rotatable bonds is 14. The van der Waals surface area contributed by atoms with E-state index in [2.05, 4.69) is 6.92 Å². The average Bonchev–Trinajstić information content (AvgIpc) is 2.38. The standard InChI is InChI=1S/C15H32O2/c1-3-4-5-6-7-8-9-10-11-12-13-14-17-15-16-2/h3-15H2,1-2H3/i6D/t6-/m0/s1. The van der Waals surface area contributed by atoms with Gasteiger partial charge < -0.3 is 9.47 Å². The smallest absolute Gasteiger partial charge is 0.146 e. The molecular formula is C15H32O2. The highest BCUT2D eigenvalue weighted by molar-refractivity contribution is 4.47. The monoisotopic (exact) mass is 245 g/mol. The summed E-state index contributed by atoms with van der Waals surface area (Å²) in [5.41, 5.74) is 0. The summed E-state index contributed by atoms with van der Waals surface area (Å²) in [5.74, 6) is 0.